The van der Waals surface area contributed by atoms with E-state index in [4.69, 9.17) is 4.74 Å². The van der Waals surface area contributed by atoms with E-state index < -0.39 is 5.60 Å². The zero-order chi connectivity index (χ0) is 17.2. The van der Waals surface area contributed by atoms with Crippen LogP contribution >= 0.6 is 0 Å². The molecule has 132 valence electrons. The molecule has 1 spiro atoms. The van der Waals surface area contributed by atoms with Crippen LogP contribution in [0.3, 0.4) is 0 Å². The van der Waals surface area contributed by atoms with Gasteiger partial charge in [0.1, 0.15) is 0 Å². The molecule has 0 unspecified atom stereocenters. The number of rotatable bonds is 3. The lowest BCUT2D eigenvalue weighted by Crippen LogP contribution is -2.56. The number of hydrogen-bond acceptors (Lipinski definition) is 2. The summed E-state index contributed by atoms with van der Waals surface area (Å²) >= 11 is 0. The third kappa shape index (κ3) is 1.79. The van der Waals surface area contributed by atoms with Gasteiger partial charge in [0.15, 0.2) is 0 Å². The van der Waals surface area contributed by atoms with Crippen LogP contribution in [0.1, 0.15) is 58.9 Å². The van der Waals surface area contributed by atoms with Crippen molar-refractivity contribution in [1.82, 2.24) is 0 Å². The fourth-order valence-corrected chi connectivity index (χ4v) is 7.16. The first-order valence-corrected chi connectivity index (χ1v) is 9.73. The third-order valence-electron chi connectivity index (χ3n) is 8.34. The van der Waals surface area contributed by atoms with Gasteiger partial charge in [-0.25, -0.2) is 0 Å². The number of aliphatic hydroxyl groups is 1. The standard InChI is InChI=1S/C22H32O2/c1-15-10-11-18-19(24-14-17-8-6-5-7-9-17)22(23)16(2)12-13-21(15,22)20(18,3)4/h5-9,15-16,18-19,23H,10-14H2,1-4H3/t15-,16-,18-,19+,21-,22+/m1/s1. The van der Waals surface area contributed by atoms with Crippen LogP contribution in [0, 0.1) is 28.6 Å². The van der Waals surface area contributed by atoms with Crippen LogP contribution in [0.25, 0.3) is 0 Å². The quantitative estimate of drug-likeness (QED) is 0.863. The summed E-state index contributed by atoms with van der Waals surface area (Å²) in [6.07, 6.45) is 4.66. The van der Waals surface area contributed by atoms with Crippen molar-refractivity contribution < 1.29 is 9.84 Å². The molecule has 2 heteroatoms. The van der Waals surface area contributed by atoms with Crippen molar-refractivity contribution in [1.29, 1.82) is 0 Å². The van der Waals surface area contributed by atoms with Crippen LogP contribution in [0.15, 0.2) is 30.3 Å². The number of fused-ring (bicyclic) bond motifs is 1. The third-order valence-corrected chi connectivity index (χ3v) is 8.34. The van der Waals surface area contributed by atoms with Crippen LogP contribution < -0.4 is 0 Å². The Morgan fingerprint density at radius 1 is 1.04 bits per heavy atom. The molecule has 0 aromatic heterocycles. The van der Waals surface area contributed by atoms with Gasteiger partial charge < -0.3 is 9.84 Å². The van der Waals surface area contributed by atoms with Crippen LogP contribution in [-0.4, -0.2) is 16.8 Å². The molecule has 3 aliphatic carbocycles. The van der Waals surface area contributed by atoms with E-state index in [9.17, 15) is 5.11 Å². The Morgan fingerprint density at radius 2 is 1.75 bits per heavy atom. The monoisotopic (exact) mass is 328 g/mol. The summed E-state index contributed by atoms with van der Waals surface area (Å²) in [6.45, 7) is 10.0. The largest absolute Gasteiger partial charge is 0.386 e. The van der Waals surface area contributed by atoms with E-state index in [1.807, 2.05) is 6.07 Å². The van der Waals surface area contributed by atoms with Gasteiger partial charge >= 0.3 is 0 Å². The summed E-state index contributed by atoms with van der Waals surface area (Å²) in [4.78, 5) is 0. The first-order chi connectivity index (χ1) is 11.4. The van der Waals surface area contributed by atoms with Gasteiger partial charge in [-0.1, -0.05) is 58.0 Å². The molecular formula is C22H32O2. The van der Waals surface area contributed by atoms with Gasteiger partial charge in [-0.3, -0.25) is 0 Å². The molecule has 0 saturated heterocycles. The molecule has 0 heterocycles. The lowest BCUT2D eigenvalue weighted by Gasteiger charge is -2.54. The van der Waals surface area contributed by atoms with E-state index in [2.05, 4.69) is 52.0 Å². The lowest BCUT2D eigenvalue weighted by atomic mass is 9.51. The highest BCUT2D eigenvalue weighted by atomic mass is 16.5. The first kappa shape index (κ1) is 16.6. The van der Waals surface area contributed by atoms with Crippen molar-refractivity contribution in [2.75, 3.05) is 0 Å². The molecule has 0 aliphatic heterocycles. The fourth-order valence-electron chi connectivity index (χ4n) is 7.16. The number of hydrogen-bond donors (Lipinski definition) is 1. The maximum absolute atomic E-state index is 12.1. The molecule has 3 saturated carbocycles. The molecule has 4 rings (SSSR count). The number of ether oxygens (including phenoxy) is 1. The second kappa shape index (κ2) is 5.32. The smallest absolute Gasteiger partial charge is 0.1000 e. The Morgan fingerprint density at radius 3 is 2.46 bits per heavy atom. The van der Waals surface area contributed by atoms with Crippen molar-refractivity contribution in [3.05, 3.63) is 35.9 Å². The minimum atomic E-state index is -0.675. The fraction of sp³-hybridized carbons (Fsp3) is 0.727. The van der Waals surface area contributed by atoms with Crippen molar-refractivity contribution in [3.63, 3.8) is 0 Å². The molecule has 1 aromatic rings. The summed E-state index contributed by atoms with van der Waals surface area (Å²) in [6, 6.07) is 10.4. The van der Waals surface area contributed by atoms with Gasteiger partial charge in [-0.15, -0.1) is 0 Å². The maximum atomic E-state index is 12.1. The summed E-state index contributed by atoms with van der Waals surface area (Å²) in [5.74, 6) is 1.36. The van der Waals surface area contributed by atoms with Crippen LogP contribution in [0.4, 0.5) is 0 Å². The van der Waals surface area contributed by atoms with Crippen LogP contribution in [-0.2, 0) is 11.3 Å². The molecule has 6 atom stereocenters. The van der Waals surface area contributed by atoms with E-state index in [-0.39, 0.29) is 16.9 Å². The molecule has 0 amide bonds. The maximum Gasteiger partial charge on any atom is 0.1000 e. The second-order valence-electron chi connectivity index (χ2n) is 9.26. The average Bonchev–Trinajstić information content (AvgIpc) is 2.86. The molecule has 1 N–H and O–H groups in total. The van der Waals surface area contributed by atoms with Crippen LogP contribution in [0.2, 0.25) is 0 Å². The van der Waals surface area contributed by atoms with E-state index >= 15 is 0 Å². The molecule has 0 radical (unpaired) electrons. The zero-order valence-corrected chi connectivity index (χ0v) is 15.6. The van der Waals surface area contributed by atoms with Gasteiger partial charge in [0.25, 0.3) is 0 Å². The average molecular weight is 328 g/mol. The second-order valence-corrected chi connectivity index (χ2v) is 9.26. The van der Waals surface area contributed by atoms with Gasteiger partial charge in [0.05, 0.1) is 18.3 Å². The SMILES string of the molecule is C[C@@H]1CC[C@]23[C@H](C)CC[C@H]([C@H](OCc4ccccc4)[C@@]12O)C3(C)C. The number of benzene rings is 1. The Bertz CT molecular complexity index is 610. The van der Waals surface area contributed by atoms with Gasteiger partial charge in [0, 0.05) is 5.41 Å². The summed E-state index contributed by atoms with van der Waals surface area (Å²) in [7, 11) is 0. The Kier molecular flexibility index (Phi) is 3.68. The summed E-state index contributed by atoms with van der Waals surface area (Å²) in [5.41, 5.74) is 0.689. The lowest BCUT2D eigenvalue weighted by molar-refractivity contribution is -0.177. The Hall–Kier alpha value is -0.860. The summed E-state index contributed by atoms with van der Waals surface area (Å²) < 4.78 is 6.52. The van der Waals surface area contributed by atoms with E-state index in [1.165, 1.54) is 18.4 Å². The normalized spacial score (nSPS) is 46.0. The molecule has 1 aromatic carbocycles. The highest BCUT2D eigenvalue weighted by molar-refractivity contribution is 5.28. The highest BCUT2D eigenvalue weighted by Crippen LogP contribution is 2.76. The zero-order valence-electron chi connectivity index (χ0n) is 15.6. The summed E-state index contributed by atoms with van der Waals surface area (Å²) in [5, 5.41) is 12.1. The molecule has 3 fully saturated rings. The van der Waals surface area contributed by atoms with E-state index in [0.29, 0.717) is 24.4 Å². The van der Waals surface area contributed by atoms with Gasteiger partial charge in [0.2, 0.25) is 0 Å². The molecular weight excluding hydrogens is 296 g/mol. The predicted octanol–water partition coefficient (Wildman–Crippen LogP) is 4.81. The topological polar surface area (TPSA) is 29.5 Å². The minimum Gasteiger partial charge on any atom is -0.386 e. The molecule has 2 bridgehead atoms. The van der Waals surface area contributed by atoms with Crippen molar-refractivity contribution in [3.8, 4) is 0 Å². The predicted molar refractivity (Wildman–Crippen MR) is 96.5 cm³/mol. The molecule has 24 heavy (non-hydrogen) atoms. The van der Waals surface area contributed by atoms with Gasteiger partial charge in [-0.2, -0.15) is 0 Å². The highest BCUT2D eigenvalue weighted by Gasteiger charge is 2.78. The minimum absolute atomic E-state index is 0.0175. The van der Waals surface area contributed by atoms with Crippen molar-refractivity contribution >= 4 is 0 Å². The molecule has 3 aliphatic rings. The first-order valence-electron chi connectivity index (χ1n) is 9.73. The van der Waals surface area contributed by atoms with E-state index in [0.717, 1.165) is 12.8 Å². The Labute approximate surface area is 146 Å². The van der Waals surface area contributed by atoms with E-state index in [1.54, 1.807) is 0 Å². The van der Waals surface area contributed by atoms with Gasteiger partial charge in [-0.05, 0) is 54.4 Å². The van der Waals surface area contributed by atoms with Crippen molar-refractivity contribution in [2.24, 2.45) is 28.6 Å². The molecule has 2 nitrogen and oxygen atoms in total. The van der Waals surface area contributed by atoms with Crippen molar-refractivity contribution in [2.45, 2.75) is 71.7 Å². The Balaban J connectivity index is 1.71. The van der Waals surface area contributed by atoms with Crippen LogP contribution in [0.5, 0.6) is 0 Å².